The number of rotatable bonds is 4. The summed E-state index contributed by atoms with van der Waals surface area (Å²) in [5.41, 5.74) is 11.6. The van der Waals surface area contributed by atoms with Gasteiger partial charge < -0.3 is 21.7 Å². The van der Waals surface area contributed by atoms with Crippen LogP contribution in [0, 0.1) is 0 Å². The van der Waals surface area contributed by atoms with Crippen molar-refractivity contribution in [2.24, 2.45) is 5.73 Å². The molecule has 5 N–H and O–H groups in total. The van der Waals surface area contributed by atoms with Crippen molar-refractivity contribution < 1.29 is 4.79 Å². The van der Waals surface area contributed by atoms with E-state index in [0.717, 1.165) is 37.5 Å². The van der Waals surface area contributed by atoms with Crippen molar-refractivity contribution in [3.8, 4) is 0 Å². The van der Waals surface area contributed by atoms with Crippen molar-refractivity contribution in [3.05, 3.63) is 4.88 Å². The van der Waals surface area contributed by atoms with Gasteiger partial charge in [0.25, 0.3) is 5.91 Å². The molecule has 1 aliphatic rings. The van der Waals surface area contributed by atoms with E-state index in [4.69, 9.17) is 11.5 Å². The number of nitrogens with two attached hydrogens (primary N) is 2. The average molecular weight is 311 g/mol. The number of anilines is 2. The molecule has 0 saturated carbocycles. The first-order valence-electron chi connectivity index (χ1n) is 7.41. The van der Waals surface area contributed by atoms with Crippen LogP contribution in [0.3, 0.4) is 0 Å². The molecule has 0 bridgehead atoms. The van der Waals surface area contributed by atoms with Crippen LogP contribution in [-0.2, 0) is 0 Å². The molecule has 1 aromatic heterocycles. The van der Waals surface area contributed by atoms with Crippen LogP contribution in [0.1, 0.15) is 49.7 Å². The quantitative estimate of drug-likeness (QED) is 0.784. The zero-order valence-electron chi connectivity index (χ0n) is 13.0. The van der Waals surface area contributed by atoms with Crippen LogP contribution in [0.5, 0.6) is 0 Å². The molecule has 0 aliphatic carbocycles. The Kier molecular flexibility index (Phi) is 4.73. The van der Waals surface area contributed by atoms with Crippen molar-refractivity contribution in [3.63, 3.8) is 0 Å². The Bertz CT molecular complexity index is 505. The monoisotopic (exact) mass is 311 g/mol. The number of amides is 1. The van der Waals surface area contributed by atoms with Crippen molar-refractivity contribution in [2.75, 3.05) is 23.7 Å². The van der Waals surface area contributed by atoms with E-state index in [-0.39, 0.29) is 17.5 Å². The van der Waals surface area contributed by atoms with E-state index in [1.807, 2.05) is 20.8 Å². The molecule has 1 saturated heterocycles. The number of nitrogen functional groups attached to an aromatic ring is 1. The van der Waals surface area contributed by atoms with Gasteiger partial charge in [-0.25, -0.2) is 4.98 Å². The lowest BCUT2D eigenvalue weighted by atomic mass is 10.0. The molecule has 0 radical (unpaired) electrons. The molecule has 21 heavy (non-hydrogen) atoms. The first kappa shape index (κ1) is 16.0. The normalized spacial score (nSPS) is 17.0. The molecule has 0 aromatic carbocycles. The summed E-state index contributed by atoms with van der Waals surface area (Å²) in [6.07, 6.45) is 2.75. The van der Waals surface area contributed by atoms with Gasteiger partial charge in [-0.1, -0.05) is 18.3 Å². The fraction of sp³-hybridized carbons (Fsp3) is 0.714. The van der Waals surface area contributed by atoms with Gasteiger partial charge in [-0.15, -0.1) is 0 Å². The van der Waals surface area contributed by atoms with Gasteiger partial charge in [0.05, 0.1) is 0 Å². The summed E-state index contributed by atoms with van der Waals surface area (Å²) in [6.45, 7) is 7.77. The summed E-state index contributed by atoms with van der Waals surface area (Å²) in [5, 5.41) is 3.82. The second-order valence-corrected chi connectivity index (χ2v) is 7.20. The molecule has 1 amide bonds. The first-order chi connectivity index (χ1) is 9.82. The summed E-state index contributed by atoms with van der Waals surface area (Å²) >= 11 is 1.36. The number of carbonyl (C=O) groups excluding carboxylic acids is 1. The summed E-state index contributed by atoms with van der Waals surface area (Å²) in [6, 6.07) is 0.270. The predicted octanol–water partition coefficient (Wildman–Crippen LogP) is 1.57. The zero-order chi connectivity index (χ0) is 15.6. The van der Waals surface area contributed by atoms with E-state index in [0.29, 0.717) is 10.7 Å². The largest absolute Gasteiger partial charge is 0.382 e. The van der Waals surface area contributed by atoms with Gasteiger partial charge in [-0.3, -0.25) is 4.79 Å². The van der Waals surface area contributed by atoms with E-state index in [1.54, 1.807) is 0 Å². The third kappa shape index (κ3) is 3.85. The van der Waals surface area contributed by atoms with Crippen LogP contribution in [-0.4, -0.2) is 35.6 Å². The fourth-order valence-electron chi connectivity index (χ4n) is 2.16. The molecular weight excluding hydrogens is 286 g/mol. The van der Waals surface area contributed by atoms with Gasteiger partial charge in [0.1, 0.15) is 10.7 Å². The van der Waals surface area contributed by atoms with Gasteiger partial charge in [-0.05, 0) is 33.1 Å². The smallest absolute Gasteiger partial charge is 0.265 e. The summed E-state index contributed by atoms with van der Waals surface area (Å²) in [4.78, 5) is 19.3. The van der Waals surface area contributed by atoms with Crippen molar-refractivity contribution >= 4 is 28.2 Å². The first-order valence-corrected chi connectivity index (χ1v) is 8.23. The van der Waals surface area contributed by atoms with Crippen molar-refractivity contribution in [1.29, 1.82) is 0 Å². The van der Waals surface area contributed by atoms with E-state index in [9.17, 15) is 4.79 Å². The number of nitrogens with one attached hydrogen (secondary N) is 1. The van der Waals surface area contributed by atoms with Gasteiger partial charge in [0, 0.05) is 24.7 Å². The number of piperidine rings is 1. The number of thiazole rings is 1. The molecule has 6 nitrogen and oxygen atoms in total. The fourth-order valence-corrected chi connectivity index (χ4v) is 3.09. The highest BCUT2D eigenvalue weighted by atomic mass is 32.1. The zero-order valence-corrected chi connectivity index (χ0v) is 13.8. The van der Waals surface area contributed by atoms with Crippen molar-refractivity contribution in [1.82, 2.24) is 10.3 Å². The maximum Gasteiger partial charge on any atom is 0.265 e. The van der Waals surface area contributed by atoms with Crippen LogP contribution < -0.4 is 21.7 Å². The van der Waals surface area contributed by atoms with Gasteiger partial charge >= 0.3 is 0 Å². The maximum absolute atomic E-state index is 12.3. The number of carbonyl (C=O) groups is 1. The number of aromatic nitrogens is 1. The lowest BCUT2D eigenvalue weighted by Crippen LogP contribution is -2.42. The van der Waals surface area contributed by atoms with Crippen molar-refractivity contribution in [2.45, 2.75) is 51.6 Å². The SMILES string of the molecule is CCC(C)(C)NC(=O)c1sc(N2CCC(N)CC2)nc1N. The average Bonchev–Trinajstić information content (AvgIpc) is 2.81. The highest BCUT2D eigenvalue weighted by molar-refractivity contribution is 7.18. The minimum Gasteiger partial charge on any atom is -0.382 e. The molecule has 0 spiro atoms. The Morgan fingerprint density at radius 3 is 2.67 bits per heavy atom. The standard InChI is InChI=1S/C14H25N5OS/c1-4-14(2,3)18-12(20)10-11(16)17-13(21-10)19-7-5-9(15)6-8-19/h9H,4-8,15-16H2,1-3H3,(H,18,20). The Morgan fingerprint density at radius 1 is 1.48 bits per heavy atom. The molecule has 1 fully saturated rings. The molecule has 2 heterocycles. The Morgan fingerprint density at radius 2 is 2.10 bits per heavy atom. The molecule has 1 aliphatic heterocycles. The van der Waals surface area contributed by atoms with E-state index < -0.39 is 0 Å². The third-order valence-corrected chi connectivity index (χ3v) is 5.12. The lowest BCUT2D eigenvalue weighted by molar-refractivity contribution is 0.0916. The Balaban J connectivity index is 2.10. The van der Waals surface area contributed by atoms with E-state index in [1.165, 1.54) is 11.3 Å². The lowest BCUT2D eigenvalue weighted by Gasteiger charge is -2.29. The summed E-state index contributed by atoms with van der Waals surface area (Å²) in [7, 11) is 0. The second kappa shape index (κ2) is 6.19. The van der Waals surface area contributed by atoms with E-state index in [2.05, 4.69) is 15.2 Å². The minimum absolute atomic E-state index is 0.142. The molecule has 1 aromatic rings. The maximum atomic E-state index is 12.3. The third-order valence-electron chi connectivity index (χ3n) is 3.99. The summed E-state index contributed by atoms with van der Waals surface area (Å²) < 4.78 is 0. The molecule has 0 unspecified atom stereocenters. The van der Waals surface area contributed by atoms with Crippen LogP contribution in [0.25, 0.3) is 0 Å². The Labute approximate surface area is 129 Å². The molecular formula is C14H25N5OS. The number of hydrogen-bond acceptors (Lipinski definition) is 6. The van der Waals surface area contributed by atoms with Gasteiger partial charge in [-0.2, -0.15) is 0 Å². The molecule has 0 atom stereocenters. The molecule has 2 rings (SSSR count). The summed E-state index contributed by atoms with van der Waals surface area (Å²) in [5.74, 6) is 0.172. The van der Waals surface area contributed by atoms with Crippen LogP contribution in [0.2, 0.25) is 0 Å². The topological polar surface area (TPSA) is 97.3 Å². The molecule has 7 heteroatoms. The van der Waals surface area contributed by atoms with Crippen LogP contribution >= 0.6 is 11.3 Å². The predicted molar refractivity (Wildman–Crippen MR) is 87.8 cm³/mol. The minimum atomic E-state index is -0.244. The van der Waals surface area contributed by atoms with E-state index >= 15 is 0 Å². The number of hydrogen-bond donors (Lipinski definition) is 3. The van der Waals surface area contributed by atoms with Gasteiger partial charge in [0.2, 0.25) is 0 Å². The Hall–Kier alpha value is -1.34. The molecule has 118 valence electrons. The second-order valence-electron chi connectivity index (χ2n) is 6.23. The van der Waals surface area contributed by atoms with Gasteiger partial charge in [0.15, 0.2) is 5.13 Å². The van der Waals surface area contributed by atoms with Crippen LogP contribution in [0.15, 0.2) is 0 Å². The number of nitrogens with zero attached hydrogens (tertiary/aromatic N) is 2. The highest BCUT2D eigenvalue weighted by Crippen LogP contribution is 2.30. The van der Waals surface area contributed by atoms with Crippen LogP contribution in [0.4, 0.5) is 10.9 Å². The highest BCUT2D eigenvalue weighted by Gasteiger charge is 2.25.